The van der Waals surface area contributed by atoms with Crippen LogP contribution in [0, 0.1) is 0 Å². The van der Waals surface area contributed by atoms with Gasteiger partial charge >= 0.3 is 12.2 Å². The molecule has 0 atom stereocenters. The van der Waals surface area contributed by atoms with Crippen molar-refractivity contribution in [2.75, 3.05) is 0 Å². The molecular formula is C2H4N2O4S. The predicted octanol–water partition coefficient (Wildman–Crippen LogP) is -0.00620. The van der Waals surface area contributed by atoms with E-state index >= 15 is 0 Å². The van der Waals surface area contributed by atoms with Crippen molar-refractivity contribution in [1.29, 1.82) is 0 Å². The Morgan fingerprint density at radius 3 is 2.00 bits per heavy atom. The van der Waals surface area contributed by atoms with Crippen molar-refractivity contribution < 1.29 is 19.8 Å². The number of carboxylic acid groups (broad SMARTS) is 2. The van der Waals surface area contributed by atoms with Gasteiger partial charge in [-0.15, -0.1) is 0 Å². The Morgan fingerprint density at radius 2 is 1.89 bits per heavy atom. The molecular weight excluding hydrogens is 148 g/mol. The maximum atomic E-state index is 9.76. The fraction of sp³-hybridized carbons (Fsp3) is 0. The summed E-state index contributed by atoms with van der Waals surface area (Å²) in [6.45, 7) is 0. The van der Waals surface area contributed by atoms with Crippen LogP contribution in [0.3, 0.4) is 0 Å². The number of thiol groups is 1. The fourth-order valence-electron chi connectivity index (χ4n) is 0.138. The summed E-state index contributed by atoms with van der Waals surface area (Å²) in [6.07, 6.45) is -2.96. The lowest BCUT2D eigenvalue weighted by molar-refractivity contribution is 0.148. The minimum atomic E-state index is -1.49. The Hall–Kier alpha value is -1.11. The van der Waals surface area contributed by atoms with E-state index in [4.69, 9.17) is 10.2 Å². The highest BCUT2D eigenvalue weighted by atomic mass is 32.1. The van der Waals surface area contributed by atoms with Crippen molar-refractivity contribution in [3.05, 3.63) is 0 Å². The monoisotopic (exact) mass is 152 g/mol. The maximum Gasteiger partial charge on any atom is 0.436 e. The normalized spacial score (nSPS) is 8.11. The van der Waals surface area contributed by atoms with Gasteiger partial charge in [0, 0.05) is 0 Å². The van der Waals surface area contributed by atoms with Gasteiger partial charge in [0.05, 0.1) is 0 Å². The van der Waals surface area contributed by atoms with Crippen molar-refractivity contribution >= 4 is 25.0 Å². The van der Waals surface area contributed by atoms with E-state index in [0.717, 1.165) is 0 Å². The third-order valence-corrected chi connectivity index (χ3v) is 0.654. The molecule has 3 N–H and O–H groups in total. The fourth-order valence-corrected chi connectivity index (χ4v) is 0.224. The molecule has 0 spiro atoms. The Kier molecular flexibility index (Phi) is 2.65. The summed E-state index contributed by atoms with van der Waals surface area (Å²) in [7, 11) is 0. The number of carbonyl (C=O) groups is 2. The molecule has 0 unspecified atom stereocenters. The number of nitrogens with zero attached hydrogens (tertiary/aromatic N) is 1. The summed E-state index contributed by atoms with van der Waals surface area (Å²) in [6, 6.07) is 0. The van der Waals surface area contributed by atoms with Gasteiger partial charge in [0.25, 0.3) is 0 Å². The zero-order chi connectivity index (χ0) is 7.44. The number of hydrogen-bond acceptors (Lipinski definition) is 3. The Balaban J connectivity index is 3.63. The quantitative estimate of drug-likeness (QED) is 0.290. The van der Waals surface area contributed by atoms with Crippen LogP contribution >= 0.6 is 12.8 Å². The molecule has 52 valence electrons. The van der Waals surface area contributed by atoms with Crippen LogP contribution in [0.25, 0.3) is 0 Å². The minimum Gasteiger partial charge on any atom is -0.464 e. The summed E-state index contributed by atoms with van der Waals surface area (Å²) in [5.74, 6) is 0. The van der Waals surface area contributed by atoms with Crippen LogP contribution in [0.2, 0.25) is 0 Å². The standard InChI is InChI=1S/C2H4N2O4S/c5-1(6)3-4(9)2(7)8/h3,9H,(H,5,6)(H,7,8). The number of rotatable bonds is 0. The highest BCUT2D eigenvalue weighted by molar-refractivity contribution is 7.78. The van der Waals surface area contributed by atoms with Crippen LogP contribution in [0.1, 0.15) is 0 Å². The van der Waals surface area contributed by atoms with E-state index in [2.05, 4.69) is 12.8 Å². The zero-order valence-corrected chi connectivity index (χ0v) is 5.00. The Morgan fingerprint density at radius 1 is 1.44 bits per heavy atom. The van der Waals surface area contributed by atoms with Crippen LogP contribution in [0.15, 0.2) is 0 Å². The van der Waals surface area contributed by atoms with Crippen LogP contribution in [0.4, 0.5) is 9.59 Å². The van der Waals surface area contributed by atoms with Crippen molar-refractivity contribution in [3.8, 4) is 0 Å². The first kappa shape index (κ1) is 7.89. The number of nitrogens with one attached hydrogen (secondary N) is 1. The molecule has 2 amide bonds. The smallest absolute Gasteiger partial charge is 0.436 e. The van der Waals surface area contributed by atoms with Gasteiger partial charge < -0.3 is 10.2 Å². The molecule has 6 nitrogen and oxygen atoms in total. The summed E-state index contributed by atoms with van der Waals surface area (Å²) in [5.41, 5.74) is 1.46. The number of amides is 2. The summed E-state index contributed by atoms with van der Waals surface area (Å²) in [5, 5.41) is 15.8. The molecule has 0 heterocycles. The predicted molar refractivity (Wildman–Crippen MR) is 30.0 cm³/mol. The molecule has 0 aromatic rings. The van der Waals surface area contributed by atoms with Crippen molar-refractivity contribution in [2.45, 2.75) is 0 Å². The molecule has 0 bridgehead atoms. The third kappa shape index (κ3) is 3.47. The molecule has 9 heavy (non-hydrogen) atoms. The second-order valence-corrected chi connectivity index (χ2v) is 1.41. The van der Waals surface area contributed by atoms with Gasteiger partial charge in [-0.3, -0.25) is 0 Å². The van der Waals surface area contributed by atoms with Crippen molar-refractivity contribution in [2.24, 2.45) is 0 Å². The highest BCUT2D eigenvalue weighted by Crippen LogP contribution is 1.85. The lowest BCUT2D eigenvalue weighted by atomic mass is 11.2. The van der Waals surface area contributed by atoms with Crippen LogP contribution in [-0.2, 0) is 0 Å². The van der Waals surface area contributed by atoms with E-state index in [-0.39, 0.29) is 4.41 Å². The number of hydrazine groups is 1. The van der Waals surface area contributed by atoms with E-state index in [0.29, 0.717) is 0 Å². The van der Waals surface area contributed by atoms with Gasteiger partial charge in [0.15, 0.2) is 0 Å². The van der Waals surface area contributed by atoms with Crippen LogP contribution in [-0.4, -0.2) is 26.8 Å². The van der Waals surface area contributed by atoms with Crippen molar-refractivity contribution in [1.82, 2.24) is 9.84 Å². The zero-order valence-electron chi connectivity index (χ0n) is 4.11. The van der Waals surface area contributed by atoms with E-state index in [1.54, 1.807) is 0 Å². The lowest BCUT2D eigenvalue weighted by Crippen LogP contribution is -2.37. The van der Waals surface area contributed by atoms with Crippen molar-refractivity contribution in [3.63, 3.8) is 0 Å². The Bertz CT molecular complexity index is 137. The summed E-state index contributed by atoms with van der Waals surface area (Å²) < 4.78 is 0.127. The van der Waals surface area contributed by atoms with Gasteiger partial charge in [-0.1, -0.05) is 0 Å². The largest absolute Gasteiger partial charge is 0.464 e. The van der Waals surface area contributed by atoms with Gasteiger partial charge in [-0.2, -0.15) is 4.41 Å². The van der Waals surface area contributed by atoms with E-state index in [1.807, 2.05) is 0 Å². The van der Waals surface area contributed by atoms with E-state index in [9.17, 15) is 9.59 Å². The molecule has 7 heteroatoms. The van der Waals surface area contributed by atoms with Gasteiger partial charge in [-0.05, 0) is 12.8 Å². The molecule has 0 aromatic heterocycles. The second-order valence-electron chi connectivity index (χ2n) is 1.01. The number of hydrogen-bond donors (Lipinski definition) is 4. The van der Waals surface area contributed by atoms with Gasteiger partial charge in [0.1, 0.15) is 0 Å². The molecule has 0 fully saturated rings. The molecule has 0 aliphatic heterocycles. The average molecular weight is 152 g/mol. The first-order valence-electron chi connectivity index (χ1n) is 1.75. The topological polar surface area (TPSA) is 89.9 Å². The van der Waals surface area contributed by atoms with Gasteiger partial charge in [-0.25, -0.2) is 15.0 Å². The minimum absolute atomic E-state index is 0.127. The first-order valence-corrected chi connectivity index (χ1v) is 2.15. The molecule has 0 saturated carbocycles. The molecule has 0 rings (SSSR count). The van der Waals surface area contributed by atoms with Crippen LogP contribution in [0.5, 0.6) is 0 Å². The second kappa shape index (κ2) is 3.02. The molecule has 0 radical (unpaired) electrons. The van der Waals surface area contributed by atoms with E-state index < -0.39 is 12.2 Å². The molecule has 0 aliphatic rings. The molecule has 0 aromatic carbocycles. The Labute approximate surface area is 55.6 Å². The van der Waals surface area contributed by atoms with E-state index in [1.165, 1.54) is 5.43 Å². The lowest BCUT2D eigenvalue weighted by Gasteiger charge is -2.07. The molecule has 0 saturated heterocycles. The first-order chi connectivity index (χ1) is 4.04. The highest BCUT2D eigenvalue weighted by Gasteiger charge is 2.07. The third-order valence-electron chi connectivity index (χ3n) is 0.383. The average Bonchev–Trinajstić information content (AvgIpc) is 1.63. The maximum absolute atomic E-state index is 9.76. The SMILES string of the molecule is O=C(O)NN(S)C(=O)O. The van der Waals surface area contributed by atoms with Crippen LogP contribution < -0.4 is 5.43 Å². The summed E-state index contributed by atoms with van der Waals surface area (Å²) >= 11 is 3.21. The summed E-state index contributed by atoms with van der Waals surface area (Å²) in [4.78, 5) is 19.4. The molecule has 0 aliphatic carbocycles. The van der Waals surface area contributed by atoms with Gasteiger partial charge in [0.2, 0.25) is 0 Å².